The Balaban J connectivity index is 2.07. The highest BCUT2D eigenvalue weighted by Crippen LogP contribution is 2.39. The first-order valence-corrected chi connectivity index (χ1v) is 7.17. The number of hydrogen-bond donors (Lipinski definition) is 1. The molecule has 4 heteroatoms. The summed E-state index contributed by atoms with van der Waals surface area (Å²) in [6.45, 7) is 6.47. The van der Waals surface area contributed by atoms with Gasteiger partial charge >= 0.3 is 5.97 Å². The number of aliphatic carboxylic acids is 1. The largest absolute Gasteiger partial charge is 0.481 e. The molecule has 4 nitrogen and oxygen atoms in total. The maximum atomic E-state index is 11.2. The maximum Gasteiger partial charge on any atom is 0.305 e. The van der Waals surface area contributed by atoms with Crippen LogP contribution in [-0.2, 0) is 4.79 Å². The smallest absolute Gasteiger partial charge is 0.305 e. The molecule has 0 aromatic heterocycles. The Kier molecular flexibility index (Phi) is 4.28. The molecule has 2 rings (SSSR count). The predicted octanol–water partition coefficient (Wildman–Crippen LogP) is 1.66. The second-order valence-corrected chi connectivity index (χ2v) is 6.27. The minimum atomic E-state index is -0.636. The molecule has 0 atom stereocenters. The van der Waals surface area contributed by atoms with Crippen molar-refractivity contribution in [3.63, 3.8) is 0 Å². The zero-order valence-corrected chi connectivity index (χ0v) is 11.7. The fraction of sp³-hybridized carbons (Fsp3) is 0.929. The van der Waals surface area contributed by atoms with E-state index in [0.29, 0.717) is 6.42 Å². The molecule has 0 aromatic rings. The van der Waals surface area contributed by atoms with Crippen LogP contribution in [0.25, 0.3) is 0 Å². The van der Waals surface area contributed by atoms with Gasteiger partial charge in [-0.3, -0.25) is 9.69 Å². The van der Waals surface area contributed by atoms with Crippen LogP contribution in [0.5, 0.6) is 0 Å². The number of rotatable bonds is 3. The molecule has 0 bridgehead atoms. The topological polar surface area (TPSA) is 43.8 Å². The Hall–Kier alpha value is -0.610. The second-order valence-electron chi connectivity index (χ2n) is 6.27. The van der Waals surface area contributed by atoms with E-state index < -0.39 is 5.97 Å². The quantitative estimate of drug-likeness (QED) is 0.832. The highest BCUT2D eigenvalue weighted by Gasteiger charge is 2.41. The first-order chi connectivity index (χ1) is 8.52. The second kappa shape index (κ2) is 5.57. The van der Waals surface area contributed by atoms with Gasteiger partial charge in [0.05, 0.1) is 6.42 Å². The summed E-state index contributed by atoms with van der Waals surface area (Å²) in [4.78, 5) is 16.0. The van der Waals surface area contributed by atoms with Crippen LogP contribution < -0.4 is 0 Å². The minimum absolute atomic E-state index is 0.0559. The van der Waals surface area contributed by atoms with Crippen LogP contribution in [0.3, 0.4) is 0 Å². The highest BCUT2D eigenvalue weighted by molar-refractivity contribution is 5.68. The van der Waals surface area contributed by atoms with E-state index in [2.05, 4.69) is 23.8 Å². The van der Waals surface area contributed by atoms with E-state index in [-0.39, 0.29) is 5.54 Å². The van der Waals surface area contributed by atoms with Crippen molar-refractivity contribution in [3.05, 3.63) is 0 Å². The van der Waals surface area contributed by atoms with Crippen LogP contribution in [0, 0.1) is 5.92 Å². The lowest BCUT2D eigenvalue weighted by Crippen LogP contribution is -2.58. The maximum absolute atomic E-state index is 11.2. The molecule has 0 amide bonds. The number of hydrogen-bond acceptors (Lipinski definition) is 3. The molecule has 104 valence electrons. The van der Waals surface area contributed by atoms with Gasteiger partial charge in [0.1, 0.15) is 0 Å². The van der Waals surface area contributed by atoms with Crippen LogP contribution >= 0.6 is 0 Å². The number of carbonyl (C=O) groups is 1. The summed E-state index contributed by atoms with van der Waals surface area (Å²) in [6, 6.07) is 0. The molecule has 1 aliphatic carbocycles. The van der Waals surface area contributed by atoms with Gasteiger partial charge < -0.3 is 10.0 Å². The van der Waals surface area contributed by atoms with Gasteiger partial charge in [0.25, 0.3) is 0 Å². The van der Waals surface area contributed by atoms with Crippen molar-refractivity contribution in [2.45, 2.75) is 44.6 Å². The van der Waals surface area contributed by atoms with Crippen molar-refractivity contribution < 1.29 is 9.90 Å². The molecule has 1 saturated heterocycles. The zero-order valence-electron chi connectivity index (χ0n) is 11.7. The van der Waals surface area contributed by atoms with E-state index in [9.17, 15) is 9.90 Å². The first-order valence-electron chi connectivity index (χ1n) is 7.17. The Morgan fingerprint density at radius 1 is 1.22 bits per heavy atom. The number of nitrogens with zero attached hydrogens (tertiary/aromatic N) is 2. The lowest BCUT2D eigenvalue weighted by molar-refractivity contribution is -0.142. The molecule has 0 aromatic carbocycles. The van der Waals surface area contributed by atoms with Crippen LogP contribution in [0.1, 0.15) is 39.0 Å². The third kappa shape index (κ3) is 3.04. The van der Waals surface area contributed by atoms with Crippen LogP contribution in [0.2, 0.25) is 0 Å². The van der Waals surface area contributed by atoms with Gasteiger partial charge in [0, 0.05) is 31.7 Å². The van der Waals surface area contributed by atoms with E-state index in [1.54, 1.807) is 0 Å². The summed E-state index contributed by atoms with van der Waals surface area (Å²) in [5.41, 5.74) is -0.0559. The van der Waals surface area contributed by atoms with E-state index in [1.807, 2.05) is 0 Å². The zero-order chi connectivity index (χ0) is 13.2. The van der Waals surface area contributed by atoms with Crippen LogP contribution in [-0.4, -0.2) is 59.6 Å². The standard InChI is InChI=1S/C14H26N2O2/c1-12-3-5-14(6-4-12,11-13(17)18)16-9-7-15(2)8-10-16/h12H,3-11H2,1-2H3,(H,17,18). The van der Waals surface area contributed by atoms with E-state index in [4.69, 9.17) is 0 Å². The average Bonchev–Trinajstić information content (AvgIpc) is 2.33. The number of carboxylic acid groups (broad SMARTS) is 1. The molecule has 0 unspecified atom stereocenters. The normalized spacial score (nSPS) is 35.6. The number of likely N-dealkylation sites (N-methyl/N-ethyl adjacent to an activating group) is 1. The Labute approximate surface area is 110 Å². The minimum Gasteiger partial charge on any atom is -0.481 e. The van der Waals surface area contributed by atoms with Crippen LogP contribution in [0.15, 0.2) is 0 Å². The lowest BCUT2D eigenvalue weighted by Gasteiger charge is -2.49. The van der Waals surface area contributed by atoms with Crippen molar-refractivity contribution in [1.29, 1.82) is 0 Å². The molecule has 2 aliphatic rings. The van der Waals surface area contributed by atoms with E-state index >= 15 is 0 Å². The SMILES string of the molecule is CC1CCC(CC(=O)O)(N2CCN(C)CC2)CC1. The van der Waals surface area contributed by atoms with Gasteiger partial charge in [-0.05, 0) is 38.6 Å². The van der Waals surface area contributed by atoms with Crippen molar-refractivity contribution in [2.24, 2.45) is 5.92 Å². The fourth-order valence-corrected chi connectivity index (χ4v) is 3.47. The van der Waals surface area contributed by atoms with Crippen molar-refractivity contribution in [2.75, 3.05) is 33.2 Å². The highest BCUT2D eigenvalue weighted by atomic mass is 16.4. The molecule has 2 fully saturated rings. The summed E-state index contributed by atoms with van der Waals surface area (Å²) in [5.74, 6) is 0.128. The predicted molar refractivity (Wildman–Crippen MR) is 71.7 cm³/mol. The Morgan fingerprint density at radius 3 is 2.28 bits per heavy atom. The van der Waals surface area contributed by atoms with Gasteiger partial charge in [0.15, 0.2) is 0 Å². The molecule has 1 saturated carbocycles. The van der Waals surface area contributed by atoms with Gasteiger partial charge in [-0.1, -0.05) is 6.92 Å². The number of carboxylic acids is 1. The molecular formula is C14H26N2O2. The molecule has 0 spiro atoms. The number of piperazine rings is 1. The third-order valence-corrected chi connectivity index (χ3v) is 4.86. The van der Waals surface area contributed by atoms with Gasteiger partial charge in [0.2, 0.25) is 0 Å². The van der Waals surface area contributed by atoms with Crippen LogP contribution in [0.4, 0.5) is 0 Å². The van der Waals surface area contributed by atoms with Crippen molar-refractivity contribution in [3.8, 4) is 0 Å². The monoisotopic (exact) mass is 254 g/mol. The molecular weight excluding hydrogens is 228 g/mol. The summed E-state index contributed by atoms with van der Waals surface area (Å²) >= 11 is 0. The summed E-state index contributed by atoms with van der Waals surface area (Å²) in [7, 11) is 2.14. The first kappa shape index (κ1) is 13.8. The van der Waals surface area contributed by atoms with Crippen molar-refractivity contribution >= 4 is 5.97 Å². The lowest BCUT2D eigenvalue weighted by atomic mass is 9.74. The molecule has 1 heterocycles. The molecule has 1 aliphatic heterocycles. The van der Waals surface area contributed by atoms with E-state index in [0.717, 1.165) is 44.9 Å². The Morgan fingerprint density at radius 2 is 1.78 bits per heavy atom. The Bertz CT molecular complexity index is 290. The fourth-order valence-electron chi connectivity index (χ4n) is 3.47. The van der Waals surface area contributed by atoms with Gasteiger partial charge in [-0.15, -0.1) is 0 Å². The third-order valence-electron chi connectivity index (χ3n) is 4.86. The average molecular weight is 254 g/mol. The molecule has 1 N–H and O–H groups in total. The summed E-state index contributed by atoms with van der Waals surface area (Å²) in [5, 5.41) is 9.24. The van der Waals surface area contributed by atoms with Gasteiger partial charge in [-0.2, -0.15) is 0 Å². The molecule has 18 heavy (non-hydrogen) atoms. The summed E-state index contributed by atoms with van der Waals surface area (Å²) < 4.78 is 0. The van der Waals surface area contributed by atoms with Gasteiger partial charge in [-0.25, -0.2) is 0 Å². The molecule has 0 radical (unpaired) electrons. The van der Waals surface area contributed by atoms with E-state index in [1.165, 1.54) is 12.8 Å². The summed E-state index contributed by atoms with van der Waals surface area (Å²) in [6.07, 6.45) is 4.80. The van der Waals surface area contributed by atoms with Crippen molar-refractivity contribution in [1.82, 2.24) is 9.80 Å².